The summed E-state index contributed by atoms with van der Waals surface area (Å²) in [4.78, 5) is 22.7. The van der Waals surface area contributed by atoms with Gasteiger partial charge in [0.1, 0.15) is 17.2 Å². The van der Waals surface area contributed by atoms with E-state index in [1.165, 1.54) is 4.68 Å². The van der Waals surface area contributed by atoms with Gasteiger partial charge in [0.15, 0.2) is 0 Å². The lowest BCUT2D eigenvalue weighted by Gasteiger charge is -2.09. The number of carboxylic acids is 1. The van der Waals surface area contributed by atoms with Crippen LogP contribution in [0.15, 0.2) is 11.0 Å². The quantitative estimate of drug-likeness (QED) is 0.860. The van der Waals surface area contributed by atoms with Crippen LogP contribution in [0.25, 0.3) is 11.0 Å². The monoisotopic (exact) mass is 255 g/mol. The molecule has 0 atom stereocenters. The summed E-state index contributed by atoms with van der Waals surface area (Å²) >= 11 is 5.89. The fourth-order valence-corrected chi connectivity index (χ4v) is 1.99. The predicted molar refractivity (Wildman–Crippen MR) is 62.4 cm³/mol. The van der Waals surface area contributed by atoms with Gasteiger partial charge >= 0.3 is 5.97 Å². The lowest BCUT2D eigenvalue weighted by atomic mass is 10.2. The molecular weight excluding hydrogens is 246 g/mol. The number of fused-ring (bicyclic) bond motifs is 1. The molecule has 0 unspecified atom stereocenters. The van der Waals surface area contributed by atoms with E-state index in [0.29, 0.717) is 16.6 Å². The van der Waals surface area contributed by atoms with Gasteiger partial charge in [0.25, 0.3) is 5.56 Å². The van der Waals surface area contributed by atoms with E-state index in [1.54, 1.807) is 20.2 Å². The molecule has 0 bridgehead atoms. The molecule has 2 aromatic rings. The van der Waals surface area contributed by atoms with Crippen LogP contribution in [-0.2, 0) is 18.4 Å². The Kier molecular flexibility index (Phi) is 2.66. The highest BCUT2D eigenvalue weighted by molar-refractivity contribution is 6.32. The molecule has 6 nitrogen and oxygen atoms in total. The molecule has 17 heavy (non-hydrogen) atoms. The Labute approximate surface area is 101 Å². The number of hydrogen-bond donors (Lipinski definition) is 1. The summed E-state index contributed by atoms with van der Waals surface area (Å²) in [7, 11) is 1.65. The van der Waals surface area contributed by atoms with Gasteiger partial charge < -0.3 is 5.11 Å². The first-order valence-electron chi connectivity index (χ1n) is 4.86. The van der Waals surface area contributed by atoms with Crippen LogP contribution in [0.5, 0.6) is 0 Å². The second-order valence-corrected chi connectivity index (χ2v) is 4.11. The maximum absolute atomic E-state index is 11.9. The molecule has 2 aromatic heterocycles. The van der Waals surface area contributed by atoms with E-state index in [9.17, 15) is 9.59 Å². The van der Waals surface area contributed by atoms with Crippen molar-refractivity contribution in [1.82, 2.24) is 14.3 Å². The van der Waals surface area contributed by atoms with Gasteiger partial charge in [-0.05, 0) is 12.5 Å². The number of rotatable bonds is 2. The molecule has 0 spiro atoms. The summed E-state index contributed by atoms with van der Waals surface area (Å²) in [6, 6.07) is 0. The van der Waals surface area contributed by atoms with Gasteiger partial charge in [-0.15, -0.1) is 0 Å². The molecule has 0 saturated heterocycles. The number of carbonyl (C=O) groups is 1. The van der Waals surface area contributed by atoms with E-state index >= 15 is 0 Å². The van der Waals surface area contributed by atoms with Crippen molar-refractivity contribution < 1.29 is 9.90 Å². The van der Waals surface area contributed by atoms with Crippen molar-refractivity contribution >= 4 is 28.6 Å². The second kappa shape index (κ2) is 3.89. The Bertz CT molecular complexity index is 671. The van der Waals surface area contributed by atoms with Crippen molar-refractivity contribution in [2.45, 2.75) is 13.5 Å². The van der Waals surface area contributed by atoms with Crippen LogP contribution in [-0.4, -0.2) is 25.4 Å². The molecule has 0 fully saturated rings. The zero-order valence-electron chi connectivity index (χ0n) is 9.27. The Morgan fingerprint density at radius 2 is 2.24 bits per heavy atom. The lowest BCUT2D eigenvalue weighted by Crippen LogP contribution is -2.26. The average Bonchev–Trinajstić information content (AvgIpc) is 2.63. The van der Waals surface area contributed by atoms with Crippen LogP contribution in [0.2, 0.25) is 5.02 Å². The van der Waals surface area contributed by atoms with Crippen molar-refractivity contribution in [3.05, 3.63) is 27.1 Å². The molecular formula is C10H10ClN3O3. The lowest BCUT2D eigenvalue weighted by molar-refractivity contribution is -0.137. The summed E-state index contributed by atoms with van der Waals surface area (Å²) in [5.41, 5.74) is 0.559. The van der Waals surface area contributed by atoms with Crippen molar-refractivity contribution in [2.75, 3.05) is 0 Å². The largest absolute Gasteiger partial charge is 0.480 e. The van der Waals surface area contributed by atoms with Crippen molar-refractivity contribution in [1.29, 1.82) is 0 Å². The third kappa shape index (κ3) is 1.70. The van der Waals surface area contributed by atoms with E-state index in [1.807, 2.05) is 0 Å². The molecule has 2 rings (SSSR count). The fourth-order valence-electron chi connectivity index (χ4n) is 1.79. The normalized spacial score (nSPS) is 11.0. The van der Waals surface area contributed by atoms with Crippen molar-refractivity contribution in [3.63, 3.8) is 0 Å². The maximum atomic E-state index is 11.9. The Morgan fingerprint density at radius 1 is 1.59 bits per heavy atom. The summed E-state index contributed by atoms with van der Waals surface area (Å²) < 4.78 is 2.57. The van der Waals surface area contributed by atoms with Gasteiger partial charge in [-0.3, -0.25) is 18.8 Å². The van der Waals surface area contributed by atoms with Crippen molar-refractivity contribution in [3.8, 4) is 0 Å². The maximum Gasteiger partial charge on any atom is 0.323 e. The smallest absolute Gasteiger partial charge is 0.323 e. The SMILES string of the molecule is Cc1c(Cl)c(=O)n(CC(=O)O)c2c1cnn2C. The van der Waals surface area contributed by atoms with Gasteiger partial charge in [0.2, 0.25) is 0 Å². The van der Waals surface area contributed by atoms with E-state index < -0.39 is 18.1 Å². The van der Waals surface area contributed by atoms with Crippen molar-refractivity contribution in [2.24, 2.45) is 7.05 Å². The van der Waals surface area contributed by atoms with Crippen LogP contribution < -0.4 is 5.56 Å². The Balaban J connectivity index is 2.93. The number of nitrogens with zero attached hydrogens (tertiary/aromatic N) is 3. The van der Waals surface area contributed by atoms with Crippen LogP contribution in [0.1, 0.15) is 5.56 Å². The third-order valence-electron chi connectivity index (χ3n) is 2.62. The zero-order valence-corrected chi connectivity index (χ0v) is 10.0. The van der Waals surface area contributed by atoms with Crippen LogP contribution in [0.4, 0.5) is 0 Å². The van der Waals surface area contributed by atoms with Gasteiger partial charge in [0.05, 0.1) is 6.20 Å². The first-order valence-corrected chi connectivity index (χ1v) is 5.23. The highest BCUT2D eigenvalue weighted by atomic mass is 35.5. The minimum absolute atomic E-state index is 0.0340. The molecule has 1 N–H and O–H groups in total. The van der Waals surface area contributed by atoms with Crippen LogP contribution >= 0.6 is 11.6 Å². The standard InChI is InChI=1S/C10H10ClN3O3/c1-5-6-3-12-13(2)9(6)14(4-7(15)16)10(17)8(5)11/h3H,4H2,1-2H3,(H,15,16). The van der Waals surface area contributed by atoms with Gasteiger partial charge in [-0.1, -0.05) is 11.6 Å². The molecule has 2 heterocycles. The van der Waals surface area contributed by atoms with E-state index in [-0.39, 0.29) is 5.02 Å². The number of pyridine rings is 1. The summed E-state index contributed by atoms with van der Waals surface area (Å²) in [6.45, 7) is 1.27. The number of halogens is 1. The van der Waals surface area contributed by atoms with E-state index in [4.69, 9.17) is 16.7 Å². The molecule has 0 saturated carbocycles. The van der Waals surface area contributed by atoms with Gasteiger partial charge in [-0.2, -0.15) is 5.10 Å². The summed E-state index contributed by atoms with van der Waals surface area (Å²) in [5, 5.41) is 13.5. The van der Waals surface area contributed by atoms with Gasteiger partial charge in [0, 0.05) is 12.4 Å². The average molecular weight is 256 g/mol. The topological polar surface area (TPSA) is 77.1 Å². The number of carboxylic acid groups (broad SMARTS) is 1. The number of hydrogen-bond acceptors (Lipinski definition) is 3. The first-order chi connectivity index (χ1) is 7.93. The Morgan fingerprint density at radius 3 is 2.82 bits per heavy atom. The molecule has 0 radical (unpaired) electrons. The predicted octanol–water partition coefficient (Wildman–Crippen LogP) is 0.781. The summed E-state index contributed by atoms with van der Waals surface area (Å²) in [5.74, 6) is -1.10. The van der Waals surface area contributed by atoms with Crippen LogP contribution in [0.3, 0.4) is 0 Å². The fraction of sp³-hybridized carbons (Fsp3) is 0.300. The minimum atomic E-state index is -1.10. The zero-order chi connectivity index (χ0) is 12.7. The van der Waals surface area contributed by atoms with E-state index in [2.05, 4.69) is 5.10 Å². The molecule has 0 aliphatic heterocycles. The van der Waals surface area contributed by atoms with E-state index in [0.717, 1.165) is 4.57 Å². The molecule has 7 heteroatoms. The first kappa shape index (κ1) is 11.7. The summed E-state index contributed by atoms with van der Waals surface area (Å²) in [6.07, 6.45) is 1.56. The van der Waals surface area contributed by atoms with Gasteiger partial charge in [-0.25, -0.2) is 0 Å². The molecule has 90 valence electrons. The van der Waals surface area contributed by atoms with Crippen LogP contribution in [0, 0.1) is 6.92 Å². The molecule has 0 aliphatic rings. The number of aryl methyl sites for hydroxylation is 2. The minimum Gasteiger partial charge on any atom is -0.480 e. The highest BCUT2D eigenvalue weighted by Crippen LogP contribution is 2.21. The molecule has 0 aromatic carbocycles. The second-order valence-electron chi connectivity index (χ2n) is 3.73. The number of aliphatic carboxylic acids is 1. The Hall–Kier alpha value is -1.82. The third-order valence-corrected chi connectivity index (χ3v) is 3.07. The number of aromatic nitrogens is 3. The molecule has 0 aliphatic carbocycles. The highest BCUT2D eigenvalue weighted by Gasteiger charge is 2.17. The molecule has 0 amide bonds.